The minimum atomic E-state index is -0.426. The van der Waals surface area contributed by atoms with Crippen LogP contribution >= 0.6 is 31.9 Å². The first-order valence-corrected chi connectivity index (χ1v) is 6.59. The zero-order valence-electron chi connectivity index (χ0n) is 9.36. The van der Waals surface area contributed by atoms with Gasteiger partial charge in [0.1, 0.15) is 5.82 Å². The third-order valence-corrected chi connectivity index (χ3v) is 3.82. The molecule has 0 amide bonds. The smallest absolute Gasteiger partial charge is 0.153 e. The number of halogens is 3. The van der Waals surface area contributed by atoms with Gasteiger partial charge >= 0.3 is 0 Å². The summed E-state index contributed by atoms with van der Waals surface area (Å²) >= 11 is 6.68. The van der Waals surface area contributed by atoms with Crippen LogP contribution in [0.25, 0.3) is 0 Å². The van der Waals surface area contributed by atoms with E-state index >= 15 is 0 Å². The summed E-state index contributed by atoms with van der Waals surface area (Å²) in [4.78, 5) is 0. The molecule has 0 aliphatic rings. The zero-order chi connectivity index (χ0) is 13.3. The molecule has 0 saturated carbocycles. The molecule has 1 heterocycles. The summed E-state index contributed by atoms with van der Waals surface area (Å²) in [6, 6.07) is 3.99. The maximum Gasteiger partial charge on any atom is 0.153 e. The first-order chi connectivity index (χ1) is 8.54. The SMILES string of the molecule is Cn1nnc(Br)c1C(NN)c1cc(F)ccc1Br. The highest BCUT2D eigenvalue weighted by Crippen LogP contribution is 2.31. The highest BCUT2D eigenvalue weighted by molar-refractivity contribution is 9.10. The van der Waals surface area contributed by atoms with Gasteiger partial charge in [-0.25, -0.2) is 14.5 Å². The number of benzene rings is 1. The Hall–Kier alpha value is -0.830. The summed E-state index contributed by atoms with van der Waals surface area (Å²) in [5.41, 5.74) is 4.02. The van der Waals surface area contributed by atoms with Crippen molar-refractivity contribution in [2.75, 3.05) is 0 Å². The number of hydrazine groups is 1. The summed E-state index contributed by atoms with van der Waals surface area (Å²) < 4.78 is 16.2. The molecule has 1 unspecified atom stereocenters. The molecule has 8 heteroatoms. The van der Waals surface area contributed by atoms with E-state index in [1.165, 1.54) is 12.1 Å². The van der Waals surface area contributed by atoms with Gasteiger partial charge in [-0.1, -0.05) is 21.1 Å². The number of hydrogen-bond acceptors (Lipinski definition) is 4. The number of nitrogens with one attached hydrogen (secondary N) is 1. The Morgan fingerprint density at radius 1 is 1.44 bits per heavy atom. The second-order valence-corrected chi connectivity index (χ2v) is 5.26. The maximum absolute atomic E-state index is 13.3. The second kappa shape index (κ2) is 5.43. The van der Waals surface area contributed by atoms with E-state index in [4.69, 9.17) is 5.84 Å². The predicted molar refractivity (Wildman–Crippen MR) is 72.0 cm³/mol. The molecule has 0 spiro atoms. The lowest BCUT2D eigenvalue weighted by molar-refractivity contribution is 0.560. The van der Waals surface area contributed by atoms with Crippen LogP contribution in [0.3, 0.4) is 0 Å². The minimum absolute atomic E-state index is 0.334. The predicted octanol–water partition coefficient (Wildman–Crippen LogP) is 2.03. The fourth-order valence-corrected chi connectivity index (χ4v) is 2.73. The summed E-state index contributed by atoms with van der Waals surface area (Å²) in [5, 5.41) is 7.77. The van der Waals surface area contributed by atoms with Crippen LogP contribution in [-0.2, 0) is 7.05 Å². The van der Waals surface area contributed by atoms with Crippen molar-refractivity contribution in [1.29, 1.82) is 0 Å². The van der Waals surface area contributed by atoms with Gasteiger partial charge in [-0.3, -0.25) is 5.84 Å². The van der Waals surface area contributed by atoms with Crippen LogP contribution in [0.15, 0.2) is 27.3 Å². The highest BCUT2D eigenvalue weighted by atomic mass is 79.9. The zero-order valence-corrected chi connectivity index (χ0v) is 12.5. The molecule has 5 nitrogen and oxygen atoms in total. The molecule has 2 rings (SSSR count). The number of aryl methyl sites for hydroxylation is 1. The molecule has 0 bridgehead atoms. The Balaban J connectivity index is 2.55. The van der Waals surface area contributed by atoms with Gasteiger partial charge in [-0.05, 0) is 39.7 Å². The van der Waals surface area contributed by atoms with Gasteiger partial charge in [0.25, 0.3) is 0 Å². The van der Waals surface area contributed by atoms with Crippen molar-refractivity contribution in [2.24, 2.45) is 12.9 Å². The van der Waals surface area contributed by atoms with Crippen LogP contribution in [0.4, 0.5) is 4.39 Å². The molecule has 0 saturated heterocycles. The van der Waals surface area contributed by atoms with Crippen LogP contribution in [0, 0.1) is 5.82 Å². The van der Waals surface area contributed by atoms with Crippen LogP contribution in [0.2, 0.25) is 0 Å². The Morgan fingerprint density at radius 2 is 2.17 bits per heavy atom. The maximum atomic E-state index is 13.3. The van der Waals surface area contributed by atoms with Gasteiger partial charge in [-0.15, -0.1) is 5.10 Å². The number of nitrogens with zero attached hydrogens (tertiary/aromatic N) is 3. The van der Waals surface area contributed by atoms with Gasteiger partial charge in [-0.2, -0.15) is 0 Å². The molecule has 3 N–H and O–H groups in total. The largest absolute Gasteiger partial charge is 0.271 e. The molecule has 1 aromatic heterocycles. The first-order valence-electron chi connectivity index (χ1n) is 5.00. The summed E-state index contributed by atoms with van der Waals surface area (Å²) in [6.45, 7) is 0. The molecule has 96 valence electrons. The van der Waals surface area contributed by atoms with E-state index in [2.05, 4.69) is 47.6 Å². The van der Waals surface area contributed by atoms with Crippen molar-refractivity contribution in [1.82, 2.24) is 20.4 Å². The molecule has 0 aliphatic heterocycles. The van der Waals surface area contributed by atoms with Gasteiger partial charge in [0.2, 0.25) is 0 Å². The Kier molecular flexibility index (Phi) is 4.10. The normalized spacial score (nSPS) is 12.7. The van der Waals surface area contributed by atoms with Crippen LogP contribution in [0.1, 0.15) is 17.3 Å². The molecular weight excluding hydrogens is 369 g/mol. The molecule has 0 aliphatic carbocycles. The molecule has 1 atom stereocenters. The molecule has 1 aromatic carbocycles. The van der Waals surface area contributed by atoms with Crippen molar-refractivity contribution in [3.63, 3.8) is 0 Å². The Labute approximate surface area is 120 Å². The van der Waals surface area contributed by atoms with Crippen LogP contribution in [-0.4, -0.2) is 15.0 Å². The standard InChI is InChI=1S/C10H10Br2FN5/c1-18-9(10(12)16-17-18)8(15-14)6-4-5(13)2-3-7(6)11/h2-4,8,15H,14H2,1H3. The third kappa shape index (κ3) is 2.46. The van der Waals surface area contributed by atoms with Crippen molar-refractivity contribution in [3.8, 4) is 0 Å². The van der Waals surface area contributed by atoms with Gasteiger partial charge < -0.3 is 0 Å². The highest BCUT2D eigenvalue weighted by Gasteiger charge is 2.23. The van der Waals surface area contributed by atoms with Gasteiger partial charge in [0.15, 0.2) is 4.60 Å². The Morgan fingerprint density at radius 3 is 2.72 bits per heavy atom. The summed E-state index contributed by atoms with van der Waals surface area (Å²) in [7, 11) is 1.74. The molecular formula is C10H10Br2FN5. The van der Waals surface area contributed by atoms with Crippen LogP contribution in [0.5, 0.6) is 0 Å². The molecule has 18 heavy (non-hydrogen) atoms. The average molecular weight is 379 g/mol. The van der Waals surface area contributed by atoms with Crippen LogP contribution < -0.4 is 11.3 Å². The molecule has 2 aromatic rings. The van der Waals surface area contributed by atoms with Crippen molar-refractivity contribution in [3.05, 3.63) is 44.3 Å². The lowest BCUT2D eigenvalue weighted by Crippen LogP contribution is -2.31. The summed E-state index contributed by atoms with van der Waals surface area (Å²) in [6.07, 6.45) is 0. The number of rotatable bonds is 3. The van der Waals surface area contributed by atoms with E-state index in [-0.39, 0.29) is 5.82 Å². The van der Waals surface area contributed by atoms with E-state index in [0.717, 1.165) is 4.47 Å². The third-order valence-electron chi connectivity index (χ3n) is 2.54. The fourth-order valence-electron chi connectivity index (χ4n) is 1.70. The lowest BCUT2D eigenvalue weighted by atomic mass is 10.0. The fraction of sp³-hybridized carbons (Fsp3) is 0.200. The molecule has 0 fully saturated rings. The van der Waals surface area contributed by atoms with E-state index in [9.17, 15) is 4.39 Å². The first kappa shape index (κ1) is 13.6. The van der Waals surface area contributed by atoms with Crippen molar-refractivity contribution >= 4 is 31.9 Å². The monoisotopic (exact) mass is 377 g/mol. The van der Waals surface area contributed by atoms with Crippen molar-refractivity contribution in [2.45, 2.75) is 6.04 Å². The summed E-state index contributed by atoms with van der Waals surface area (Å²) in [5.74, 6) is 5.24. The second-order valence-electron chi connectivity index (χ2n) is 3.65. The molecule has 0 radical (unpaired) electrons. The quantitative estimate of drug-likeness (QED) is 0.633. The van der Waals surface area contributed by atoms with E-state index < -0.39 is 6.04 Å². The topological polar surface area (TPSA) is 68.8 Å². The van der Waals surface area contributed by atoms with E-state index in [1.54, 1.807) is 17.8 Å². The number of aromatic nitrogens is 3. The Bertz CT molecular complexity index is 552. The van der Waals surface area contributed by atoms with Crippen molar-refractivity contribution < 1.29 is 4.39 Å². The number of hydrogen-bond donors (Lipinski definition) is 2. The average Bonchev–Trinajstić information content (AvgIpc) is 2.66. The van der Waals surface area contributed by atoms with Gasteiger partial charge in [0, 0.05) is 11.5 Å². The van der Waals surface area contributed by atoms with E-state index in [0.29, 0.717) is 15.9 Å². The van der Waals surface area contributed by atoms with Gasteiger partial charge in [0.05, 0.1) is 11.7 Å². The minimum Gasteiger partial charge on any atom is -0.271 e. The lowest BCUT2D eigenvalue weighted by Gasteiger charge is -2.18. The number of nitrogens with two attached hydrogens (primary N) is 1. The van der Waals surface area contributed by atoms with E-state index in [1.807, 2.05) is 0 Å².